The van der Waals surface area contributed by atoms with Gasteiger partial charge < -0.3 is 20.3 Å². The van der Waals surface area contributed by atoms with E-state index in [1.54, 1.807) is 56.8 Å². The number of ether oxygens (including phenoxy) is 1. The van der Waals surface area contributed by atoms with Crippen LogP contribution in [0.5, 0.6) is 0 Å². The molecule has 210 valence electrons. The standard InChI is InChI=1S/C25H28FN5O4.H6P4/c1-24(2,3)35-23(34)31-12-11-25(14-31,27-15-32)22(33)28-18-9-10-20-19(13-18)21(29-30(20)4)16-5-7-17(26)8-6-16;1-4(2)3/h5-10,13,15H,11-12,14H2,1-4H3,(H,27,32)(H,28,33);1-3H2. The number of carbonyl (C=O) groups excluding carboxylic acids is 3. The summed E-state index contributed by atoms with van der Waals surface area (Å²) in [5, 5.41) is 10.8. The van der Waals surface area contributed by atoms with E-state index in [2.05, 4.69) is 42.5 Å². The normalized spacial score (nSPS) is 17.0. The van der Waals surface area contributed by atoms with Gasteiger partial charge in [-0.05, 0) is 76.6 Å². The Kier molecular flexibility index (Phi) is 10.4. The van der Waals surface area contributed by atoms with Crippen LogP contribution in [0.2, 0.25) is 0 Å². The van der Waals surface area contributed by atoms with Gasteiger partial charge in [0, 0.05) is 30.2 Å². The molecule has 14 heteroatoms. The van der Waals surface area contributed by atoms with Crippen molar-refractivity contribution >= 4 is 68.8 Å². The summed E-state index contributed by atoms with van der Waals surface area (Å²) in [4.78, 5) is 38.6. The molecule has 39 heavy (non-hydrogen) atoms. The number of likely N-dealkylation sites (tertiary alicyclic amines) is 1. The second kappa shape index (κ2) is 13.0. The second-order valence-electron chi connectivity index (χ2n) is 10.1. The van der Waals surface area contributed by atoms with Crippen LogP contribution in [0, 0.1) is 5.82 Å². The SMILES string of the molecule is Cn1nc(-c2ccc(F)cc2)c2cc(NC(=O)C3(NC=O)CCN(C(=O)OC(C)(C)C)C3)ccc21.PP(P)P. The Hall–Kier alpha value is -2.23. The maximum Gasteiger partial charge on any atom is 0.410 e. The average molecular weight is 611 g/mol. The van der Waals surface area contributed by atoms with Crippen LogP contribution in [0.1, 0.15) is 27.2 Å². The van der Waals surface area contributed by atoms with Gasteiger partial charge in [0.15, 0.2) is 0 Å². The van der Waals surface area contributed by atoms with E-state index < -0.39 is 23.1 Å². The van der Waals surface area contributed by atoms with E-state index in [0.717, 1.165) is 16.5 Å². The van der Waals surface area contributed by atoms with Crippen molar-refractivity contribution in [3.05, 3.63) is 48.3 Å². The van der Waals surface area contributed by atoms with Crippen LogP contribution in [0.3, 0.4) is 0 Å². The van der Waals surface area contributed by atoms with E-state index in [9.17, 15) is 18.8 Å². The first-order valence-corrected chi connectivity index (χ1v) is 18.2. The fourth-order valence-corrected chi connectivity index (χ4v) is 4.19. The molecule has 0 spiro atoms. The van der Waals surface area contributed by atoms with Gasteiger partial charge in [-0.25, -0.2) is 9.18 Å². The second-order valence-corrected chi connectivity index (χ2v) is 21.7. The van der Waals surface area contributed by atoms with Crippen molar-refractivity contribution in [2.24, 2.45) is 7.05 Å². The molecule has 0 aliphatic carbocycles. The number of amides is 3. The molecule has 1 aliphatic rings. The molecule has 0 saturated carbocycles. The molecular formula is C25H34FN5O4P4. The number of carbonyl (C=O) groups is 3. The van der Waals surface area contributed by atoms with Gasteiger partial charge in [0.25, 0.3) is 5.91 Å². The zero-order valence-corrected chi connectivity index (χ0v) is 26.6. The van der Waals surface area contributed by atoms with Crippen LogP contribution in [-0.2, 0) is 21.4 Å². The van der Waals surface area contributed by atoms with E-state index in [4.69, 9.17) is 4.74 Å². The maximum absolute atomic E-state index is 13.4. The summed E-state index contributed by atoms with van der Waals surface area (Å²) in [5.41, 5.74) is 0.758. The lowest BCUT2D eigenvalue weighted by atomic mass is 9.97. The zero-order valence-electron chi connectivity index (χ0n) is 22.3. The van der Waals surface area contributed by atoms with E-state index >= 15 is 0 Å². The molecule has 3 aromatic rings. The van der Waals surface area contributed by atoms with Crippen molar-refractivity contribution in [2.45, 2.75) is 38.3 Å². The predicted octanol–water partition coefficient (Wildman–Crippen LogP) is 5.28. The lowest BCUT2D eigenvalue weighted by Gasteiger charge is -2.28. The fraction of sp³-hybridized carbons (Fsp3) is 0.360. The van der Waals surface area contributed by atoms with Gasteiger partial charge in [0.05, 0.1) is 12.1 Å². The highest BCUT2D eigenvalue weighted by atomic mass is 32.7. The summed E-state index contributed by atoms with van der Waals surface area (Å²) in [6, 6.07) is 11.4. The number of hydrogen-bond acceptors (Lipinski definition) is 5. The third-order valence-corrected chi connectivity index (χ3v) is 5.92. The van der Waals surface area contributed by atoms with Crippen LogP contribution in [-0.4, -0.2) is 57.3 Å². The largest absolute Gasteiger partial charge is 0.444 e. The molecule has 1 saturated heterocycles. The molecule has 1 aliphatic heterocycles. The fourth-order valence-electron chi connectivity index (χ4n) is 4.19. The molecule has 3 amide bonds. The Morgan fingerprint density at radius 3 is 2.38 bits per heavy atom. The molecule has 0 radical (unpaired) electrons. The van der Waals surface area contributed by atoms with Crippen molar-refractivity contribution in [1.29, 1.82) is 0 Å². The molecule has 4 rings (SSSR count). The summed E-state index contributed by atoms with van der Waals surface area (Å²) < 4.78 is 20.5. The lowest BCUT2D eigenvalue weighted by Crippen LogP contribution is -2.56. The molecule has 4 atom stereocenters. The molecule has 4 unspecified atom stereocenters. The Morgan fingerprint density at radius 1 is 1.15 bits per heavy atom. The van der Waals surface area contributed by atoms with Crippen molar-refractivity contribution < 1.29 is 23.5 Å². The molecule has 1 aromatic heterocycles. The quantitative estimate of drug-likeness (QED) is 0.302. The van der Waals surface area contributed by atoms with Gasteiger partial charge in [-0.3, -0.25) is 14.3 Å². The number of rotatable bonds is 5. The van der Waals surface area contributed by atoms with Crippen LogP contribution in [0.15, 0.2) is 42.5 Å². The molecular weight excluding hydrogens is 577 g/mol. The highest BCUT2D eigenvalue weighted by molar-refractivity contribution is 8.65. The average Bonchev–Trinajstić information content (AvgIpc) is 3.41. The number of halogens is 1. The van der Waals surface area contributed by atoms with Gasteiger partial charge in [-0.2, -0.15) is 5.10 Å². The molecule has 2 aromatic carbocycles. The first kappa shape index (κ1) is 31.3. The van der Waals surface area contributed by atoms with Crippen LogP contribution in [0.25, 0.3) is 22.2 Å². The molecule has 2 heterocycles. The van der Waals surface area contributed by atoms with E-state index in [1.807, 2.05) is 6.07 Å². The molecule has 1 fully saturated rings. The Morgan fingerprint density at radius 2 is 1.79 bits per heavy atom. The number of aromatic nitrogens is 2. The van der Waals surface area contributed by atoms with Gasteiger partial charge in [0.2, 0.25) is 6.41 Å². The third-order valence-electron chi connectivity index (χ3n) is 5.92. The predicted molar refractivity (Wildman–Crippen MR) is 165 cm³/mol. The van der Waals surface area contributed by atoms with Gasteiger partial charge in [-0.15, -0.1) is 26.8 Å². The molecule has 9 nitrogen and oxygen atoms in total. The summed E-state index contributed by atoms with van der Waals surface area (Å²) in [7, 11) is 9.75. The third kappa shape index (κ3) is 8.14. The molecule has 0 bridgehead atoms. The highest BCUT2D eigenvalue weighted by Crippen LogP contribution is 2.59. The zero-order chi connectivity index (χ0) is 29.0. The minimum atomic E-state index is -1.29. The van der Waals surface area contributed by atoms with E-state index in [-0.39, 0.29) is 32.3 Å². The van der Waals surface area contributed by atoms with Crippen LogP contribution < -0.4 is 10.6 Å². The smallest absolute Gasteiger partial charge is 0.410 e. The van der Waals surface area contributed by atoms with Gasteiger partial charge >= 0.3 is 6.09 Å². The minimum absolute atomic E-state index is 0.0115. The topological polar surface area (TPSA) is 106 Å². The number of nitrogens with zero attached hydrogens (tertiary/aromatic N) is 3. The van der Waals surface area contributed by atoms with E-state index in [0.29, 0.717) is 17.8 Å². The first-order valence-electron chi connectivity index (χ1n) is 12.0. The van der Waals surface area contributed by atoms with Crippen molar-refractivity contribution in [2.75, 3.05) is 18.4 Å². The number of fused-ring (bicyclic) bond motifs is 1. The first-order chi connectivity index (χ1) is 18.2. The minimum Gasteiger partial charge on any atom is -0.444 e. The Labute approximate surface area is 235 Å². The number of anilines is 1. The van der Waals surface area contributed by atoms with Gasteiger partial charge in [-0.1, -0.05) is 0 Å². The summed E-state index contributed by atoms with van der Waals surface area (Å²) >= 11 is 0. The number of hydrogen-bond donors (Lipinski definition) is 2. The lowest BCUT2D eigenvalue weighted by molar-refractivity contribution is -0.125. The summed E-state index contributed by atoms with van der Waals surface area (Å²) in [6.45, 7) is 5.67. The highest BCUT2D eigenvalue weighted by Gasteiger charge is 2.47. The maximum atomic E-state index is 13.4. The number of benzene rings is 2. The van der Waals surface area contributed by atoms with Crippen molar-refractivity contribution in [3.8, 4) is 11.3 Å². The number of nitrogens with one attached hydrogen (secondary N) is 2. The number of aryl methyl sites for hydroxylation is 1. The van der Waals surface area contributed by atoms with Crippen molar-refractivity contribution in [1.82, 2.24) is 20.0 Å². The van der Waals surface area contributed by atoms with E-state index in [1.165, 1.54) is 17.0 Å². The summed E-state index contributed by atoms with van der Waals surface area (Å²) in [6.07, 6.45) is 0.169. The Balaban J connectivity index is 0.000000983. The summed E-state index contributed by atoms with van der Waals surface area (Å²) in [5.74, 6) is -0.783. The monoisotopic (exact) mass is 611 g/mol. The van der Waals surface area contributed by atoms with Crippen molar-refractivity contribution in [3.63, 3.8) is 0 Å². The van der Waals surface area contributed by atoms with Gasteiger partial charge in [0.1, 0.15) is 22.7 Å². The van der Waals surface area contributed by atoms with Crippen LogP contribution in [0.4, 0.5) is 14.9 Å². The molecule has 2 N–H and O–H groups in total. The Bertz CT molecular complexity index is 1340. The van der Waals surface area contributed by atoms with Crippen LogP contribution >= 0.6 is 33.8 Å².